The number of carboxylic acids is 1. The van der Waals surface area contributed by atoms with Crippen LogP contribution in [-0.4, -0.2) is 67.7 Å². The molecule has 35 heavy (non-hydrogen) atoms. The SMILES string of the molecule is CCCCOCCN(CCOc1ccc(CC(OCC)C(=O)O)cc1)C(=O)OCc1ccccc1. The summed E-state index contributed by atoms with van der Waals surface area (Å²) < 4.78 is 22.2. The van der Waals surface area contributed by atoms with Crippen molar-refractivity contribution in [1.29, 1.82) is 0 Å². The summed E-state index contributed by atoms with van der Waals surface area (Å²) in [5.74, 6) is -0.348. The van der Waals surface area contributed by atoms with Crippen molar-refractivity contribution >= 4 is 12.1 Å². The molecule has 0 spiro atoms. The Morgan fingerprint density at radius 3 is 2.29 bits per heavy atom. The van der Waals surface area contributed by atoms with E-state index < -0.39 is 18.2 Å². The largest absolute Gasteiger partial charge is 0.492 e. The molecule has 0 aliphatic heterocycles. The highest BCUT2D eigenvalue weighted by Gasteiger charge is 2.18. The van der Waals surface area contributed by atoms with Gasteiger partial charge in [-0.1, -0.05) is 55.8 Å². The first-order valence-electron chi connectivity index (χ1n) is 12.1. The highest BCUT2D eigenvalue weighted by molar-refractivity contribution is 5.72. The van der Waals surface area contributed by atoms with E-state index in [9.17, 15) is 14.7 Å². The lowest BCUT2D eigenvalue weighted by molar-refractivity contribution is -0.149. The predicted octanol–water partition coefficient (Wildman–Crippen LogP) is 4.55. The minimum Gasteiger partial charge on any atom is -0.492 e. The standard InChI is InChI=1S/C27H37NO7/c1-3-5-17-32-18-15-28(27(31)35-21-23-9-7-6-8-10-23)16-19-34-24-13-11-22(12-14-24)20-25(26(29)30)33-4-2/h6-14,25H,3-5,15-21H2,1-2H3,(H,29,30). The molecule has 0 saturated heterocycles. The van der Waals surface area contributed by atoms with E-state index in [2.05, 4.69) is 6.92 Å². The minimum atomic E-state index is -0.981. The van der Waals surface area contributed by atoms with Gasteiger partial charge in [0.05, 0.1) is 13.2 Å². The van der Waals surface area contributed by atoms with Crippen LogP contribution < -0.4 is 4.74 Å². The summed E-state index contributed by atoms with van der Waals surface area (Å²) in [5, 5.41) is 9.24. The lowest BCUT2D eigenvalue weighted by Crippen LogP contribution is -2.37. The molecule has 0 bridgehead atoms. The van der Waals surface area contributed by atoms with Gasteiger partial charge in [-0.3, -0.25) is 0 Å². The maximum absolute atomic E-state index is 12.7. The fraction of sp³-hybridized carbons (Fsp3) is 0.481. The van der Waals surface area contributed by atoms with E-state index in [4.69, 9.17) is 18.9 Å². The topological polar surface area (TPSA) is 94.5 Å². The second kappa shape index (κ2) is 16.5. The fourth-order valence-electron chi connectivity index (χ4n) is 3.26. The van der Waals surface area contributed by atoms with E-state index in [1.54, 1.807) is 24.0 Å². The van der Waals surface area contributed by atoms with Crippen LogP contribution in [0, 0.1) is 0 Å². The molecule has 1 amide bonds. The third kappa shape index (κ3) is 11.2. The molecule has 2 rings (SSSR count). The number of carboxylic acid groups (broad SMARTS) is 1. The van der Waals surface area contributed by atoms with E-state index in [1.165, 1.54) is 0 Å². The average Bonchev–Trinajstić information content (AvgIpc) is 2.87. The first-order valence-corrected chi connectivity index (χ1v) is 12.1. The number of hydrogen-bond acceptors (Lipinski definition) is 6. The minimum absolute atomic E-state index is 0.203. The normalized spacial score (nSPS) is 11.6. The summed E-state index contributed by atoms with van der Waals surface area (Å²) in [6, 6.07) is 16.7. The summed E-state index contributed by atoms with van der Waals surface area (Å²) in [7, 11) is 0. The van der Waals surface area contributed by atoms with Crippen LogP contribution in [-0.2, 0) is 32.0 Å². The van der Waals surface area contributed by atoms with Crippen molar-refractivity contribution in [2.45, 2.75) is 45.8 Å². The number of rotatable bonds is 17. The maximum atomic E-state index is 12.7. The summed E-state index contributed by atoms with van der Waals surface area (Å²) in [5.41, 5.74) is 1.76. The number of aliphatic carboxylic acids is 1. The Bertz CT molecular complexity index is 858. The van der Waals surface area contributed by atoms with E-state index >= 15 is 0 Å². The van der Waals surface area contributed by atoms with E-state index in [1.807, 2.05) is 42.5 Å². The molecule has 0 heterocycles. The second-order valence-electron chi connectivity index (χ2n) is 7.97. The first kappa shape index (κ1) is 28.1. The van der Waals surface area contributed by atoms with Crippen LogP contribution in [0.5, 0.6) is 5.75 Å². The molecule has 0 aliphatic carbocycles. The Morgan fingerprint density at radius 1 is 0.914 bits per heavy atom. The van der Waals surface area contributed by atoms with E-state index in [0.29, 0.717) is 38.7 Å². The third-order valence-corrected chi connectivity index (χ3v) is 5.23. The van der Waals surface area contributed by atoms with Crippen molar-refractivity contribution in [2.24, 2.45) is 0 Å². The number of carbonyl (C=O) groups excluding carboxylic acids is 1. The summed E-state index contributed by atoms with van der Waals surface area (Å²) in [6.07, 6.45) is 1.03. The molecule has 0 saturated carbocycles. The van der Waals surface area contributed by atoms with Crippen LogP contribution in [0.2, 0.25) is 0 Å². The Hall–Kier alpha value is -3.10. The van der Waals surface area contributed by atoms with Crippen molar-refractivity contribution < 1.29 is 33.6 Å². The number of nitrogens with zero attached hydrogens (tertiary/aromatic N) is 1. The van der Waals surface area contributed by atoms with Crippen LogP contribution in [0.15, 0.2) is 54.6 Å². The molecule has 1 atom stereocenters. The molecule has 2 aromatic carbocycles. The maximum Gasteiger partial charge on any atom is 0.410 e. The van der Waals surface area contributed by atoms with E-state index in [0.717, 1.165) is 24.0 Å². The van der Waals surface area contributed by atoms with Crippen LogP contribution in [0.25, 0.3) is 0 Å². The molecule has 8 heteroatoms. The zero-order chi connectivity index (χ0) is 25.3. The van der Waals surface area contributed by atoms with Gasteiger partial charge in [-0.05, 0) is 36.6 Å². The monoisotopic (exact) mass is 487 g/mol. The van der Waals surface area contributed by atoms with Crippen LogP contribution in [0.3, 0.4) is 0 Å². The predicted molar refractivity (Wildman–Crippen MR) is 133 cm³/mol. The van der Waals surface area contributed by atoms with Gasteiger partial charge in [0.2, 0.25) is 0 Å². The van der Waals surface area contributed by atoms with Crippen molar-refractivity contribution in [1.82, 2.24) is 4.90 Å². The highest BCUT2D eigenvalue weighted by atomic mass is 16.6. The van der Waals surface area contributed by atoms with Crippen LogP contribution in [0.4, 0.5) is 4.79 Å². The van der Waals surface area contributed by atoms with Crippen molar-refractivity contribution in [3.05, 3.63) is 65.7 Å². The smallest absolute Gasteiger partial charge is 0.410 e. The van der Waals surface area contributed by atoms with Crippen LogP contribution in [0.1, 0.15) is 37.8 Å². The third-order valence-electron chi connectivity index (χ3n) is 5.23. The molecule has 0 aliphatic rings. The lowest BCUT2D eigenvalue weighted by Gasteiger charge is -2.22. The summed E-state index contributed by atoms with van der Waals surface area (Å²) in [6.45, 7) is 6.55. The quantitative estimate of drug-likeness (QED) is 0.327. The van der Waals surface area contributed by atoms with Crippen molar-refractivity contribution in [3.8, 4) is 5.75 Å². The van der Waals surface area contributed by atoms with Gasteiger partial charge in [-0.15, -0.1) is 0 Å². The van der Waals surface area contributed by atoms with Gasteiger partial charge in [0.15, 0.2) is 6.10 Å². The number of carbonyl (C=O) groups is 2. The van der Waals surface area contributed by atoms with Gasteiger partial charge in [0.1, 0.15) is 19.0 Å². The zero-order valence-corrected chi connectivity index (χ0v) is 20.7. The summed E-state index contributed by atoms with van der Waals surface area (Å²) >= 11 is 0. The van der Waals surface area contributed by atoms with Gasteiger partial charge in [-0.25, -0.2) is 9.59 Å². The Balaban J connectivity index is 1.85. The summed E-state index contributed by atoms with van der Waals surface area (Å²) in [4.78, 5) is 25.5. The number of benzene rings is 2. The van der Waals surface area contributed by atoms with Gasteiger partial charge in [0.25, 0.3) is 0 Å². The molecule has 0 radical (unpaired) electrons. The van der Waals surface area contributed by atoms with Crippen LogP contribution >= 0.6 is 0 Å². The molecule has 0 aromatic heterocycles. The Morgan fingerprint density at radius 2 is 1.63 bits per heavy atom. The van der Waals surface area contributed by atoms with Gasteiger partial charge in [-0.2, -0.15) is 0 Å². The highest BCUT2D eigenvalue weighted by Crippen LogP contribution is 2.15. The molecule has 1 unspecified atom stereocenters. The molecular weight excluding hydrogens is 450 g/mol. The molecule has 8 nitrogen and oxygen atoms in total. The second-order valence-corrected chi connectivity index (χ2v) is 7.97. The number of hydrogen-bond donors (Lipinski definition) is 1. The van der Waals surface area contributed by atoms with Gasteiger partial charge < -0.3 is 29.0 Å². The number of amides is 1. The molecule has 1 N–H and O–H groups in total. The van der Waals surface area contributed by atoms with Crippen molar-refractivity contribution in [2.75, 3.05) is 39.5 Å². The fourth-order valence-corrected chi connectivity index (χ4v) is 3.26. The zero-order valence-electron chi connectivity index (χ0n) is 20.7. The Labute approximate surface area is 207 Å². The van der Waals surface area contributed by atoms with Gasteiger partial charge in [0, 0.05) is 26.2 Å². The van der Waals surface area contributed by atoms with Gasteiger partial charge >= 0.3 is 12.1 Å². The first-order chi connectivity index (χ1) is 17.0. The molecule has 0 fully saturated rings. The lowest BCUT2D eigenvalue weighted by atomic mass is 10.1. The van der Waals surface area contributed by atoms with E-state index in [-0.39, 0.29) is 19.6 Å². The molecule has 2 aromatic rings. The number of ether oxygens (including phenoxy) is 4. The average molecular weight is 488 g/mol. The number of unbranched alkanes of at least 4 members (excludes halogenated alkanes) is 1. The molecule has 192 valence electrons. The van der Waals surface area contributed by atoms with Crippen molar-refractivity contribution in [3.63, 3.8) is 0 Å². The Kier molecular flexibility index (Phi) is 13.3. The molecular formula is C27H37NO7.